The van der Waals surface area contributed by atoms with Crippen molar-refractivity contribution in [3.05, 3.63) is 65.4 Å². The van der Waals surface area contributed by atoms with Crippen LogP contribution >= 0.6 is 0 Å². The van der Waals surface area contributed by atoms with Gasteiger partial charge < -0.3 is 15.4 Å². The fourth-order valence-electron chi connectivity index (χ4n) is 2.93. The summed E-state index contributed by atoms with van der Waals surface area (Å²) in [7, 11) is 1.66. The fraction of sp³-hybridized carbons (Fsp3) is 0.286. The number of aryl methyl sites for hydroxylation is 1. The minimum absolute atomic E-state index is 0.408. The Morgan fingerprint density at radius 1 is 1.07 bits per heavy atom. The highest BCUT2D eigenvalue weighted by Gasteiger charge is 2.11. The average molecular weight is 363 g/mol. The first kappa shape index (κ1) is 18.6. The van der Waals surface area contributed by atoms with Crippen molar-refractivity contribution in [3.63, 3.8) is 0 Å². The Kier molecular flexibility index (Phi) is 5.86. The zero-order chi connectivity index (χ0) is 19.2. The van der Waals surface area contributed by atoms with Crippen LogP contribution in [0.2, 0.25) is 0 Å². The molecule has 0 aliphatic heterocycles. The Balaban J connectivity index is 1.77. The van der Waals surface area contributed by atoms with Crippen molar-refractivity contribution in [2.75, 3.05) is 17.7 Å². The second-order valence-electron chi connectivity index (χ2n) is 6.65. The lowest BCUT2D eigenvalue weighted by molar-refractivity contribution is 0.410. The number of aromatic nitrogens is 3. The summed E-state index contributed by atoms with van der Waals surface area (Å²) >= 11 is 0. The van der Waals surface area contributed by atoms with Crippen molar-refractivity contribution in [3.8, 4) is 5.75 Å². The van der Waals surface area contributed by atoms with Crippen molar-refractivity contribution < 1.29 is 4.74 Å². The van der Waals surface area contributed by atoms with Crippen molar-refractivity contribution in [2.24, 2.45) is 0 Å². The molecule has 1 aromatic heterocycles. The summed E-state index contributed by atoms with van der Waals surface area (Å²) in [6.45, 7) is 7.00. The normalized spacial score (nSPS) is 10.7. The number of ether oxygens (including phenoxy) is 1. The molecule has 140 valence electrons. The van der Waals surface area contributed by atoms with E-state index in [9.17, 15) is 0 Å². The Bertz CT molecular complexity index is 911. The maximum absolute atomic E-state index is 5.38. The number of rotatable bonds is 7. The molecule has 0 amide bonds. The Morgan fingerprint density at radius 2 is 1.89 bits per heavy atom. The maximum atomic E-state index is 5.38. The summed E-state index contributed by atoms with van der Waals surface area (Å²) in [5.41, 5.74) is 4.52. The summed E-state index contributed by atoms with van der Waals surface area (Å²) in [6.07, 6.45) is 1.63. The molecule has 27 heavy (non-hydrogen) atoms. The monoisotopic (exact) mass is 363 g/mol. The van der Waals surface area contributed by atoms with Gasteiger partial charge in [0.25, 0.3) is 0 Å². The topological polar surface area (TPSA) is 72.0 Å². The quantitative estimate of drug-likeness (QED) is 0.636. The molecule has 0 fully saturated rings. The molecule has 0 atom stereocenters. The Labute approximate surface area is 160 Å². The molecule has 0 bridgehead atoms. The lowest BCUT2D eigenvalue weighted by atomic mass is 9.98. The molecule has 0 radical (unpaired) electrons. The number of hydrogen-bond acceptors (Lipinski definition) is 6. The van der Waals surface area contributed by atoms with Gasteiger partial charge in [-0.15, -0.1) is 5.10 Å². The molecule has 0 aliphatic rings. The molecular formula is C21H25N5O. The number of anilines is 3. The third-order valence-electron chi connectivity index (χ3n) is 4.37. The zero-order valence-electron chi connectivity index (χ0n) is 16.2. The van der Waals surface area contributed by atoms with Crippen LogP contribution in [0.4, 0.5) is 17.5 Å². The number of nitrogens with one attached hydrogen (secondary N) is 2. The van der Waals surface area contributed by atoms with Gasteiger partial charge in [0.05, 0.1) is 13.3 Å². The Morgan fingerprint density at radius 3 is 2.67 bits per heavy atom. The first-order valence-electron chi connectivity index (χ1n) is 9.00. The molecule has 6 heteroatoms. The second-order valence-corrected chi connectivity index (χ2v) is 6.65. The highest BCUT2D eigenvalue weighted by atomic mass is 16.5. The molecule has 0 spiro atoms. The van der Waals surface area contributed by atoms with Crippen LogP contribution in [0.3, 0.4) is 0 Å². The van der Waals surface area contributed by atoms with Gasteiger partial charge in [-0.3, -0.25) is 0 Å². The van der Waals surface area contributed by atoms with E-state index in [2.05, 4.69) is 64.8 Å². The van der Waals surface area contributed by atoms with E-state index in [1.165, 1.54) is 11.1 Å². The van der Waals surface area contributed by atoms with Crippen LogP contribution in [-0.4, -0.2) is 22.3 Å². The molecule has 3 aromatic rings. The molecule has 6 nitrogen and oxygen atoms in total. The van der Waals surface area contributed by atoms with E-state index in [-0.39, 0.29) is 0 Å². The van der Waals surface area contributed by atoms with Gasteiger partial charge in [0.15, 0.2) is 5.82 Å². The van der Waals surface area contributed by atoms with Crippen LogP contribution in [0, 0.1) is 6.92 Å². The lowest BCUT2D eigenvalue weighted by Gasteiger charge is -2.17. The van der Waals surface area contributed by atoms with Crippen molar-refractivity contribution in [2.45, 2.75) is 33.2 Å². The van der Waals surface area contributed by atoms with Crippen molar-refractivity contribution in [1.29, 1.82) is 0 Å². The molecule has 0 saturated heterocycles. The van der Waals surface area contributed by atoms with Crippen molar-refractivity contribution in [1.82, 2.24) is 15.2 Å². The molecule has 1 heterocycles. The van der Waals surface area contributed by atoms with Gasteiger partial charge >= 0.3 is 0 Å². The number of nitrogens with zero attached hydrogens (tertiary/aromatic N) is 3. The van der Waals surface area contributed by atoms with Crippen LogP contribution < -0.4 is 15.4 Å². The zero-order valence-corrected chi connectivity index (χ0v) is 16.2. The highest BCUT2D eigenvalue weighted by Crippen LogP contribution is 2.29. The molecule has 0 aliphatic carbocycles. The smallest absolute Gasteiger partial charge is 0.244 e. The molecule has 0 saturated carbocycles. The fourth-order valence-corrected chi connectivity index (χ4v) is 2.93. The number of methoxy groups -OCH3 is 1. The number of benzene rings is 2. The minimum atomic E-state index is 0.408. The first-order chi connectivity index (χ1) is 13.1. The highest BCUT2D eigenvalue weighted by molar-refractivity contribution is 5.65. The SMILES string of the molecule is COc1ccccc1CNc1nncc(Nc2c(C)cccc2C(C)C)n1. The molecule has 2 aromatic carbocycles. The van der Waals surface area contributed by atoms with E-state index in [4.69, 9.17) is 4.74 Å². The van der Waals surface area contributed by atoms with Gasteiger partial charge in [-0.2, -0.15) is 10.1 Å². The summed E-state index contributed by atoms with van der Waals surface area (Å²) in [5, 5.41) is 14.8. The predicted octanol–water partition coefficient (Wildman–Crippen LogP) is 4.67. The molecule has 0 unspecified atom stereocenters. The summed E-state index contributed by atoms with van der Waals surface area (Å²) in [5.74, 6) is 2.35. The standard InChI is InChI=1S/C21H25N5O/c1-14(2)17-10-7-8-15(3)20(17)24-19-13-23-26-21(25-19)22-12-16-9-5-6-11-18(16)27-4/h5-11,13-14H,12H2,1-4H3,(H2,22,24,25,26). The molecular weight excluding hydrogens is 338 g/mol. The summed E-state index contributed by atoms with van der Waals surface area (Å²) in [4.78, 5) is 4.54. The summed E-state index contributed by atoms with van der Waals surface area (Å²) < 4.78 is 5.38. The van der Waals surface area contributed by atoms with Crippen molar-refractivity contribution >= 4 is 17.5 Å². The van der Waals surface area contributed by atoms with E-state index in [0.29, 0.717) is 24.2 Å². The van der Waals surface area contributed by atoms with Crippen LogP contribution in [0.15, 0.2) is 48.7 Å². The molecule has 3 rings (SSSR count). The van der Waals surface area contributed by atoms with Gasteiger partial charge in [0.2, 0.25) is 5.95 Å². The maximum Gasteiger partial charge on any atom is 0.244 e. The van der Waals surface area contributed by atoms with E-state index in [1.807, 2.05) is 24.3 Å². The Hall–Kier alpha value is -3.15. The minimum Gasteiger partial charge on any atom is -0.496 e. The van der Waals surface area contributed by atoms with Crippen LogP contribution in [0.5, 0.6) is 5.75 Å². The summed E-state index contributed by atoms with van der Waals surface area (Å²) in [6, 6.07) is 14.2. The van der Waals surface area contributed by atoms with E-state index in [1.54, 1.807) is 13.3 Å². The lowest BCUT2D eigenvalue weighted by Crippen LogP contribution is -2.08. The van der Waals surface area contributed by atoms with E-state index < -0.39 is 0 Å². The predicted molar refractivity (Wildman–Crippen MR) is 109 cm³/mol. The van der Waals surface area contributed by atoms with E-state index >= 15 is 0 Å². The van der Waals surface area contributed by atoms with Crippen LogP contribution in [-0.2, 0) is 6.54 Å². The first-order valence-corrected chi connectivity index (χ1v) is 9.00. The second kappa shape index (κ2) is 8.49. The number of hydrogen-bond donors (Lipinski definition) is 2. The van der Waals surface area contributed by atoms with Gasteiger partial charge in [0, 0.05) is 17.8 Å². The van der Waals surface area contributed by atoms with Gasteiger partial charge in [-0.25, -0.2) is 0 Å². The van der Waals surface area contributed by atoms with E-state index in [0.717, 1.165) is 17.0 Å². The molecule has 2 N–H and O–H groups in total. The average Bonchev–Trinajstić information content (AvgIpc) is 2.68. The van der Waals surface area contributed by atoms with Crippen LogP contribution in [0.25, 0.3) is 0 Å². The largest absolute Gasteiger partial charge is 0.496 e. The van der Waals surface area contributed by atoms with Gasteiger partial charge in [-0.1, -0.05) is 50.2 Å². The van der Waals surface area contributed by atoms with Gasteiger partial charge in [-0.05, 0) is 30.0 Å². The number of para-hydroxylation sites is 2. The van der Waals surface area contributed by atoms with Crippen LogP contribution in [0.1, 0.15) is 36.5 Å². The third kappa shape index (κ3) is 4.53. The van der Waals surface area contributed by atoms with Gasteiger partial charge in [0.1, 0.15) is 5.75 Å². The third-order valence-corrected chi connectivity index (χ3v) is 4.37.